The van der Waals surface area contributed by atoms with Crippen molar-refractivity contribution in [2.75, 3.05) is 0 Å². The van der Waals surface area contributed by atoms with Gasteiger partial charge >= 0.3 is 0 Å². The third-order valence-electron chi connectivity index (χ3n) is 5.75. The number of hydrogen-bond donors (Lipinski definition) is 0. The summed E-state index contributed by atoms with van der Waals surface area (Å²) < 4.78 is 12.4. The Balaban J connectivity index is 1.47. The van der Waals surface area contributed by atoms with E-state index in [1.807, 2.05) is 42.5 Å². The molecule has 5 rings (SSSR count). The van der Waals surface area contributed by atoms with Crippen molar-refractivity contribution in [1.29, 1.82) is 0 Å². The number of allylic oxidation sites excluding steroid dienone is 1. The lowest BCUT2D eigenvalue weighted by Crippen LogP contribution is -2.00. The van der Waals surface area contributed by atoms with Crippen LogP contribution in [0.2, 0.25) is 0 Å². The Kier molecular flexibility index (Phi) is 6.02. The van der Waals surface area contributed by atoms with Gasteiger partial charge in [0.1, 0.15) is 24.7 Å². The number of benzene rings is 4. The summed E-state index contributed by atoms with van der Waals surface area (Å²) in [7, 11) is 0. The summed E-state index contributed by atoms with van der Waals surface area (Å²) >= 11 is 0. The minimum Gasteiger partial charge on any atom is -0.489 e. The largest absolute Gasteiger partial charge is 0.489 e. The van der Waals surface area contributed by atoms with Crippen molar-refractivity contribution in [3.63, 3.8) is 0 Å². The van der Waals surface area contributed by atoms with Gasteiger partial charge in [0.15, 0.2) is 0 Å². The summed E-state index contributed by atoms with van der Waals surface area (Å²) in [5.74, 6) is 1.62. The number of ether oxygens (including phenoxy) is 2. The number of aryl methyl sites for hydroxylation is 1. The zero-order valence-electron chi connectivity index (χ0n) is 18.0. The Morgan fingerprint density at radius 2 is 1.25 bits per heavy atom. The van der Waals surface area contributed by atoms with Gasteiger partial charge in [-0.2, -0.15) is 0 Å². The van der Waals surface area contributed by atoms with E-state index in [4.69, 9.17) is 9.47 Å². The summed E-state index contributed by atoms with van der Waals surface area (Å²) in [6.07, 6.45) is 6.69. The Morgan fingerprint density at radius 3 is 1.88 bits per heavy atom. The van der Waals surface area contributed by atoms with Crippen molar-refractivity contribution >= 4 is 6.08 Å². The first-order chi connectivity index (χ1) is 15.8. The van der Waals surface area contributed by atoms with E-state index in [0.717, 1.165) is 41.0 Å². The van der Waals surface area contributed by atoms with E-state index >= 15 is 0 Å². The molecule has 0 aromatic heterocycles. The van der Waals surface area contributed by atoms with E-state index in [1.165, 1.54) is 16.7 Å². The molecule has 0 aliphatic heterocycles. The monoisotopic (exact) mass is 418 g/mol. The fourth-order valence-electron chi connectivity index (χ4n) is 4.10. The van der Waals surface area contributed by atoms with Crippen LogP contribution in [0.5, 0.6) is 11.5 Å². The van der Waals surface area contributed by atoms with Crippen molar-refractivity contribution in [3.05, 3.63) is 125 Å². The second kappa shape index (κ2) is 9.57. The highest BCUT2D eigenvalue weighted by molar-refractivity contribution is 5.79. The second-order valence-electron chi connectivity index (χ2n) is 8.06. The lowest BCUT2D eigenvalue weighted by Gasteiger charge is -2.17. The second-order valence-corrected chi connectivity index (χ2v) is 8.06. The topological polar surface area (TPSA) is 18.5 Å². The maximum atomic E-state index is 6.19. The van der Waals surface area contributed by atoms with Crippen LogP contribution in [0, 0.1) is 0 Å². The number of rotatable bonds is 7. The van der Waals surface area contributed by atoms with Gasteiger partial charge in [-0.1, -0.05) is 91.0 Å². The molecule has 0 N–H and O–H groups in total. The van der Waals surface area contributed by atoms with Crippen LogP contribution in [0.4, 0.5) is 0 Å². The smallest absolute Gasteiger partial charge is 0.124 e. The molecule has 0 amide bonds. The lowest BCUT2D eigenvalue weighted by molar-refractivity contribution is 0.290. The van der Waals surface area contributed by atoms with Gasteiger partial charge in [0.2, 0.25) is 0 Å². The van der Waals surface area contributed by atoms with Crippen LogP contribution < -0.4 is 9.47 Å². The summed E-state index contributed by atoms with van der Waals surface area (Å²) in [5, 5.41) is 0. The molecule has 0 heterocycles. The Labute approximate surface area is 189 Å². The van der Waals surface area contributed by atoms with E-state index in [1.54, 1.807) is 0 Å². The fraction of sp³-hybridized carbons (Fsp3) is 0.133. The van der Waals surface area contributed by atoms with E-state index in [2.05, 4.69) is 66.7 Å². The van der Waals surface area contributed by atoms with Crippen LogP contribution in [0.25, 0.3) is 17.2 Å². The highest BCUT2D eigenvalue weighted by atomic mass is 16.5. The quantitative estimate of drug-likeness (QED) is 0.310. The van der Waals surface area contributed by atoms with E-state index in [-0.39, 0.29) is 0 Å². The highest BCUT2D eigenvalue weighted by Crippen LogP contribution is 2.35. The van der Waals surface area contributed by atoms with Crippen LogP contribution in [0.3, 0.4) is 0 Å². The van der Waals surface area contributed by atoms with Crippen LogP contribution >= 0.6 is 0 Å². The van der Waals surface area contributed by atoms with Gasteiger partial charge in [0.05, 0.1) is 0 Å². The molecule has 0 spiro atoms. The molecule has 0 saturated heterocycles. The molecule has 0 atom stereocenters. The maximum absolute atomic E-state index is 6.19. The standard InChI is InChI=1S/C30H26O2/c1-3-10-23(11-4-1)21-31-27-18-26(30-17-9-15-25-14-7-8-16-29(25)30)19-28(20-27)32-22-24-12-5-2-6-13-24/h1-6,8-13,15-20H,7,14,21-22H2. The normalized spacial score (nSPS) is 12.2. The molecule has 1 aliphatic rings. The minimum absolute atomic E-state index is 0.523. The van der Waals surface area contributed by atoms with Gasteiger partial charge in [-0.15, -0.1) is 0 Å². The van der Waals surface area contributed by atoms with Crippen LogP contribution in [0.15, 0.2) is 103 Å². The van der Waals surface area contributed by atoms with E-state index in [9.17, 15) is 0 Å². The molecule has 0 radical (unpaired) electrons. The molecule has 1 aliphatic carbocycles. The van der Waals surface area contributed by atoms with E-state index < -0.39 is 0 Å². The molecule has 2 nitrogen and oxygen atoms in total. The fourth-order valence-corrected chi connectivity index (χ4v) is 4.10. The first-order valence-electron chi connectivity index (χ1n) is 11.1. The molecule has 0 saturated carbocycles. The Hall–Kier alpha value is -3.78. The van der Waals surface area contributed by atoms with Crippen LogP contribution in [0.1, 0.15) is 28.7 Å². The van der Waals surface area contributed by atoms with Crippen molar-refractivity contribution < 1.29 is 9.47 Å². The molecule has 0 unspecified atom stereocenters. The molecular weight excluding hydrogens is 392 g/mol. The third-order valence-corrected chi connectivity index (χ3v) is 5.75. The average molecular weight is 419 g/mol. The van der Waals surface area contributed by atoms with Gasteiger partial charge < -0.3 is 9.47 Å². The first-order valence-corrected chi connectivity index (χ1v) is 11.1. The zero-order valence-corrected chi connectivity index (χ0v) is 18.0. The van der Waals surface area contributed by atoms with E-state index in [0.29, 0.717) is 13.2 Å². The minimum atomic E-state index is 0.523. The van der Waals surface area contributed by atoms with Gasteiger partial charge in [-0.25, -0.2) is 0 Å². The summed E-state index contributed by atoms with van der Waals surface area (Å²) in [6.45, 7) is 1.05. The zero-order chi connectivity index (χ0) is 21.6. The number of fused-ring (bicyclic) bond motifs is 1. The molecule has 0 bridgehead atoms. The van der Waals surface area contributed by atoms with Crippen molar-refractivity contribution in [3.8, 4) is 22.6 Å². The van der Waals surface area contributed by atoms with Crippen LogP contribution in [-0.4, -0.2) is 0 Å². The Bertz CT molecular complexity index is 1150. The molecule has 0 fully saturated rings. The predicted molar refractivity (Wildman–Crippen MR) is 131 cm³/mol. The summed E-state index contributed by atoms with van der Waals surface area (Å²) in [5.41, 5.74) is 7.31. The predicted octanol–water partition coefficient (Wildman–Crippen LogP) is 7.47. The van der Waals surface area contributed by atoms with Gasteiger partial charge in [-0.3, -0.25) is 0 Å². The molecule has 158 valence electrons. The molecule has 32 heavy (non-hydrogen) atoms. The molecule has 4 aromatic rings. The molecule has 4 aromatic carbocycles. The average Bonchev–Trinajstić information content (AvgIpc) is 2.87. The summed E-state index contributed by atoms with van der Waals surface area (Å²) in [4.78, 5) is 0. The SMILES string of the molecule is C1=Cc2c(cccc2-c2cc(OCc3ccccc3)cc(OCc3ccccc3)c2)CC1. The number of hydrogen-bond acceptors (Lipinski definition) is 2. The third kappa shape index (κ3) is 4.76. The van der Waals surface area contributed by atoms with Crippen molar-refractivity contribution in [2.24, 2.45) is 0 Å². The highest BCUT2D eigenvalue weighted by Gasteiger charge is 2.13. The van der Waals surface area contributed by atoms with Crippen molar-refractivity contribution in [1.82, 2.24) is 0 Å². The van der Waals surface area contributed by atoms with Gasteiger partial charge in [-0.05, 0) is 58.4 Å². The van der Waals surface area contributed by atoms with Gasteiger partial charge in [0, 0.05) is 6.07 Å². The molecular formula is C30H26O2. The van der Waals surface area contributed by atoms with Crippen molar-refractivity contribution in [2.45, 2.75) is 26.1 Å². The first kappa shape index (κ1) is 20.1. The summed E-state index contributed by atoms with van der Waals surface area (Å²) in [6, 6.07) is 33.3. The van der Waals surface area contributed by atoms with Gasteiger partial charge in [0.25, 0.3) is 0 Å². The maximum Gasteiger partial charge on any atom is 0.124 e. The molecule has 2 heteroatoms. The Morgan fingerprint density at radius 1 is 0.625 bits per heavy atom. The van der Waals surface area contributed by atoms with Crippen LogP contribution in [-0.2, 0) is 19.6 Å². The lowest BCUT2D eigenvalue weighted by atomic mass is 9.90.